The summed E-state index contributed by atoms with van der Waals surface area (Å²) in [4.78, 5) is 21.6. The first-order valence-corrected chi connectivity index (χ1v) is 8.33. The summed E-state index contributed by atoms with van der Waals surface area (Å²) in [5.74, 6) is -0.166. The molecule has 3 heterocycles. The van der Waals surface area contributed by atoms with E-state index in [9.17, 15) is 4.79 Å². The third-order valence-electron chi connectivity index (χ3n) is 3.22. The number of hydrogen-bond acceptors (Lipinski definition) is 4. The second kappa shape index (κ2) is 6.93. The fraction of sp³-hybridized carbons (Fsp3) is 0.188. The molecule has 0 bridgehead atoms. The molecule has 0 fully saturated rings. The maximum Gasteiger partial charge on any atom is 0.244 e. The van der Waals surface area contributed by atoms with E-state index in [-0.39, 0.29) is 5.91 Å². The fourth-order valence-electron chi connectivity index (χ4n) is 2.16. The van der Waals surface area contributed by atoms with Crippen LogP contribution < -0.4 is 5.32 Å². The topological polar surface area (TPSA) is 59.3 Å². The summed E-state index contributed by atoms with van der Waals surface area (Å²) >= 11 is 7.76. The van der Waals surface area contributed by atoms with Crippen molar-refractivity contribution in [3.05, 3.63) is 57.4 Å². The predicted octanol–water partition coefficient (Wildman–Crippen LogP) is 3.12. The minimum atomic E-state index is -0.166. The standard InChI is InChI=1S/C16H15ClN4OS/c1-11-10-19-15(23-11)7-8-18-14(22)6-5-12-16(17)20-13-4-2-3-9-21(12)13/h2-6,9-10H,7-8H2,1H3,(H,18,22)/b6-5+. The first-order chi connectivity index (χ1) is 11.1. The number of nitrogens with zero attached hydrogens (tertiary/aromatic N) is 3. The Labute approximate surface area is 142 Å². The van der Waals surface area contributed by atoms with Crippen molar-refractivity contribution in [3.63, 3.8) is 0 Å². The smallest absolute Gasteiger partial charge is 0.244 e. The summed E-state index contributed by atoms with van der Waals surface area (Å²) in [5.41, 5.74) is 1.43. The fourth-order valence-corrected chi connectivity index (χ4v) is 3.19. The molecule has 0 aliphatic carbocycles. The van der Waals surface area contributed by atoms with Crippen LogP contribution in [0, 0.1) is 6.92 Å². The maximum atomic E-state index is 11.9. The van der Waals surface area contributed by atoms with E-state index in [1.807, 2.05) is 41.9 Å². The van der Waals surface area contributed by atoms with E-state index in [2.05, 4.69) is 15.3 Å². The van der Waals surface area contributed by atoms with Gasteiger partial charge in [-0.3, -0.25) is 9.20 Å². The molecule has 7 heteroatoms. The second-order valence-electron chi connectivity index (χ2n) is 4.96. The van der Waals surface area contributed by atoms with Gasteiger partial charge in [-0.25, -0.2) is 9.97 Å². The number of aromatic nitrogens is 3. The van der Waals surface area contributed by atoms with Gasteiger partial charge in [-0.15, -0.1) is 11.3 Å². The number of carbonyl (C=O) groups excluding carboxylic acids is 1. The maximum absolute atomic E-state index is 11.9. The van der Waals surface area contributed by atoms with Gasteiger partial charge in [0.15, 0.2) is 5.15 Å². The van der Waals surface area contributed by atoms with Crippen LogP contribution in [0.25, 0.3) is 11.7 Å². The van der Waals surface area contributed by atoms with Gasteiger partial charge in [-0.1, -0.05) is 17.7 Å². The summed E-state index contributed by atoms with van der Waals surface area (Å²) in [5, 5.41) is 4.24. The molecular formula is C16H15ClN4OS. The Morgan fingerprint density at radius 3 is 3.13 bits per heavy atom. The van der Waals surface area contributed by atoms with Crippen molar-refractivity contribution < 1.29 is 4.79 Å². The molecule has 0 aliphatic heterocycles. The Hall–Kier alpha value is -2.18. The van der Waals surface area contributed by atoms with Gasteiger partial charge < -0.3 is 5.32 Å². The van der Waals surface area contributed by atoms with Crippen LogP contribution in [0.4, 0.5) is 0 Å². The highest BCUT2D eigenvalue weighted by atomic mass is 35.5. The zero-order chi connectivity index (χ0) is 16.2. The van der Waals surface area contributed by atoms with Gasteiger partial charge in [0.2, 0.25) is 5.91 Å². The zero-order valence-electron chi connectivity index (χ0n) is 12.5. The Bertz CT molecular complexity index is 868. The molecule has 0 saturated carbocycles. The molecule has 3 rings (SSSR count). The minimum Gasteiger partial charge on any atom is -0.352 e. The number of nitrogens with one attached hydrogen (secondary N) is 1. The number of amides is 1. The van der Waals surface area contributed by atoms with E-state index in [0.29, 0.717) is 17.4 Å². The van der Waals surface area contributed by atoms with Gasteiger partial charge in [-0.05, 0) is 25.1 Å². The number of aryl methyl sites for hydroxylation is 1. The predicted molar refractivity (Wildman–Crippen MR) is 92.8 cm³/mol. The van der Waals surface area contributed by atoms with E-state index >= 15 is 0 Å². The molecule has 0 aromatic carbocycles. The van der Waals surface area contributed by atoms with Crippen molar-refractivity contribution >= 4 is 40.6 Å². The van der Waals surface area contributed by atoms with Crippen molar-refractivity contribution in [2.24, 2.45) is 0 Å². The summed E-state index contributed by atoms with van der Waals surface area (Å²) in [6.07, 6.45) is 7.57. The summed E-state index contributed by atoms with van der Waals surface area (Å²) in [7, 11) is 0. The number of fused-ring (bicyclic) bond motifs is 1. The Balaban J connectivity index is 1.60. The number of imidazole rings is 1. The van der Waals surface area contributed by atoms with Crippen molar-refractivity contribution in [2.45, 2.75) is 13.3 Å². The van der Waals surface area contributed by atoms with Crippen molar-refractivity contribution in [1.82, 2.24) is 19.7 Å². The monoisotopic (exact) mass is 346 g/mol. The van der Waals surface area contributed by atoms with Crippen LogP contribution in [0.15, 0.2) is 36.7 Å². The molecule has 3 aromatic rings. The Morgan fingerprint density at radius 2 is 2.35 bits per heavy atom. The largest absolute Gasteiger partial charge is 0.352 e. The van der Waals surface area contributed by atoms with Crippen LogP contribution in [-0.2, 0) is 11.2 Å². The minimum absolute atomic E-state index is 0.166. The molecule has 0 radical (unpaired) electrons. The molecule has 0 aliphatic rings. The van der Waals surface area contributed by atoms with Crippen LogP contribution in [0.5, 0.6) is 0 Å². The first-order valence-electron chi connectivity index (χ1n) is 7.13. The quantitative estimate of drug-likeness (QED) is 0.722. The Kier molecular flexibility index (Phi) is 4.73. The van der Waals surface area contributed by atoms with Gasteiger partial charge in [-0.2, -0.15) is 0 Å². The highest BCUT2D eigenvalue weighted by Gasteiger charge is 2.07. The molecule has 1 amide bonds. The van der Waals surface area contributed by atoms with Crippen molar-refractivity contribution in [1.29, 1.82) is 0 Å². The second-order valence-corrected chi connectivity index (χ2v) is 6.63. The molecule has 0 atom stereocenters. The molecule has 1 N–H and O–H groups in total. The molecule has 118 valence electrons. The molecule has 5 nitrogen and oxygen atoms in total. The summed E-state index contributed by atoms with van der Waals surface area (Å²) < 4.78 is 1.84. The molecular weight excluding hydrogens is 332 g/mol. The van der Waals surface area contributed by atoms with E-state index in [4.69, 9.17) is 11.6 Å². The third kappa shape index (κ3) is 3.78. The summed E-state index contributed by atoms with van der Waals surface area (Å²) in [6, 6.07) is 5.64. The van der Waals surface area contributed by atoms with Crippen molar-refractivity contribution in [3.8, 4) is 0 Å². The average molecular weight is 347 g/mol. The van der Waals surface area contributed by atoms with Gasteiger partial charge >= 0.3 is 0 Å². The van der Waals surface area contributed by atoms with E-state index in [0.717, 1.165) is 17.1 Å². The lowest BCUT2D eigenvalue weighted by Gasteiger charge is -2.00. The zero-order valence-corrected chi connectivity index (χ0v) is 14.1. The lowest BCUT2D eigenvalue weighted by molar-refractivity contribution is -0.116. The van der Waals surface area contributed by atoms with E-state index in [1.54, 1.807) is 17.4 Å². The van der Waals surface area contributed by atoms with Crippen LogP contribution in [0.1, 0.15) is 15.6 Å². The van der Waals surface area contributed by atoms with Gasteiger partial charge in [0, 0.05) is 36.3 Å². The lowest BCUT2D eigenvalue weighted by atomic mass is 10.3. The van der Waals surface area contributed by atoms with Gasteiger partial charge in [0.1, 0.15) is 5.65 Å². The molecule has 0 unspecified atom stereocenters. The first kappa shape index (κ1) is 15.7. The number of carbonyl (C=O) groups is 1. The third-order valence-corrected chi connectivity index (χ3v) is 4.47. The van der Waals surface area contributed by atoms with Crippen LogP contribution in [0.2, 0.25) is 5.15 Å². The number of halogens is 1. The normalized spacial score (nSPS) is 11.4. The molecule has 0 saturated heterocycles. The SMILES string of the molecule is Cc1cnc(CCNC(=O)/C=C/c2c(Cl)nc3ccccn23)s1. The van der Waals surface area contributed by atoms with Crippen molar-refractivity contribution in [2.75, 3.05) is 6.54 Å². The number of rotatable bonds is 5. The Morgan fingerprint density at radius 1 is 1.48 bits per heavy atom. The van der Waals surface area contributed by atoms with Crippen LogP contribution >= 0.6 is 22.9 Å². The lowest BCUT2D eigenvalue weighted by Crippen LogP contribution is -2.23. The van der Waals surface area contributed by atoms with E-state index < -0.39 is 0 Å². The highest BCUT2D eigenvalue weighted by Crippen LogP contribution is 2.18. The highest BCUT2D eigenvalue weighted by molar-refractivity contribution is 7.11. The van der Waals surface area contributed by atoms with Gasteiger partial charge in [0.05, 0.1) is 10.7 Å². The average Bonchev–Trinajstić information content (AvgIpc) is 3.08. The molecule has 0 spiro atoms. The summed E-state index contributed by atoms with van der Waals surface area (Å²) in [6.45, 7) is 2.57. The number of hydrogen-bond donors (Lipinski definition) is 1. The van der Waals surface area contributed by atoms with E-state index in [1.165, 1.54) is 11.0 Å². The molecule has 23 heavy (non-hydrogen) atoms. The van der Waals surface area contributed by atoms with Crippen LogP contribution in [0.3, 0.4) is 0 Å². The number of thiazole rings is 1. The van der Waals surface area contributed by atoms with Gasteiger partial charge in [0.25, 0.3) is 0 Å². The number of pyridine rings is 1. The van der Waals surface area contributed by atoms with Crippen LogP contribution in [-0.4, -0.2) is 26.8 Å². The molecule has 3 aromatic heterocycles.